The second-order valence-corrected chi connectivity index (χ2v) is 4.50. The lowest BCUT2D eigenvalue weighted by Crippen LogP contribution is -2.38. The first kappa shape index (κ1) is 12.2. The van der Waals surface area contributed by atoms with E-state index in [2.05, 4.69) is 20.0 Å². The summed E-state index contributed by atoms with van der Waals surface area (Å²) < 4.78 is 0. The maximum atomic E-state index is 12.1. The summed E-state index contributed by atoms with van der Waals surface area (Å²) in [6.45, 7) is 1.82. The molecule has 0 fully saturated rings. The highest BCUT2D eigenvalue weighted by molar-refractivity contribution is 6.37. The van der Waals surface area contributed by atoms with Crippen molar-refractivity contribution in [3.05, 3.63) is 35.7 Å². The van der Waals surface area contributed by atoms with Crippen LogP contribution in [0.3, 0.4) is 0 Å². The molecule has 20 heavy (non-hydrogen) atoms. The van der Waals surface area contributed by atoms with Gasteiger partial charge in [-0.1, -0.05) is 0 Å². The van der Waals surface area contributed by atoms with E-state index in [9.17, 15) is 4.79 Å². The Bertz CT molecular complexity index is 714. The Balaban J connectivity index is 2.27. The van der Waals surface area contributed by atoms with Gasteiger partial charge in [0, 0.05) is 18.0 Å². The van der Waals surface area contributed by atoms with Gasteiger partial charge in [-0.2, -0.15) is 4.99 Å². The molecule has 0 aliphatic carbocycles. The van der Waals surface area contributed by atoms with Crippen molar-refractivity contribution in [1.82, 2.24) is 4.98 Å². The van der Waals surface area contributed by atoms with Gasteiger partial charge in [0.1, 0.15) is 5.84 Å². The topological polar surface area (TPSA) is 119 Å². The van der Waals surface area contributed by atoms with E-state index in [1.165, 1.54) is 0 Å². The highest BCUT2D eigenvalue weighted by Crippen LogP contribution is 2.30. The van der Waals surface area contributed by atoms with Crippen LogP contribution in [0.5, 0.6) is 0 Å². The third kappa shape index (κ3) is 1.80. The molecule has 2 aliphatic heterocycles. The number of carbonyl (C=O) groups is 1. The zero-order chi connectivity index (χ0) is 14.3. The normalized spacial score (nSPS) is 21.9. The molecule has 1 atom stereocenters. The number of pyridine rings is 1. The average molecular weight is 268 g/mol. The molecule has 0 aromatic carbocycles. The number of guanidine groups is 1. The zero-order valence-corrected chi connectivity index (χ0v) is 10.7. The second-order valence-electron chi connectivity index (χ2n) is 4.50. The maximum Gasteiger partial charge on any atom is 0.284 e. The number of carbonyl (C=O) groups excluding carboxylic acids is 1. The number of nitrogens with zero attached hydrogens (tertiary/aromatic N) is 4. The van der Waals surface area contributed by atoms with Crippen molar-refractivity contribution >= 4 is 29.1 Å². The fraction of sp³-hybridized carbons (Fsp3) is 0.154. The number of amides is 1. The molecule has 0 bridgehead atoms. The molecule has 1 aromatic rings. The minimum absolute atomic E-state index is 0.0548. The predicted octanol–water partition coefficient (Wildman–Crippen LogP) is 0.0955. The molecular weight excluding hydrogens is 256 g/mol. The van der Waals surface area contributed by atoms with Crippen LogP contribution in [0.15, 0.2) is 45.1 Å². The van der Waals surface area contributed by atoms with Crippen LogP contribution in [-0.4, -0.2) is 28.4 Å². The van der Waals surface area contributed by atoms with Crippen molar-refractivity contribution in [2.75, 3.05) is 0 Å². The van der Waals surface area contributed by atoms with Gasteiger partial charge in [0.2, 0.25) is 5.96 Å². The van der Waals surface area contributed by atoms with Crippen LogP contribution in [0.25, 0.3) is 5.70 Å². The summed E-state index contributed by atoms with van der Waals surface area (Å²) in [6, 6.07) is 3.56. The molecule has 2 aliphatic rings. The summed E-state index contributed by atoms with van der Waals surface area (Å²) in [5, 5.41) is 0. The lowest BCUT2D eigenvalue weighted by molar-refractivity contribution is -0.113. The van der Waals surface area contributed by atoms with E-state index in [0.717, 1.165) is 0 Å². The van der Waals surface area contributed by atoms with E-state index in [1.807, 2.05) is 6.92 Å². The lowest BCUT2D eigenvalue weighted by Gasteiger charge is -2.24. The first-order valence-corrected chi connectivity index (χ1v) is 6.04. The van der Waals surface area contributed by atoms with E-state index in [1.54, 1.807) is 24.5 Å². The van der Waals surface area contributed by atoms with Crippen molar-refractivity contribution < 1.29 is 4.79 Å². The van der Waals surface area contributed by atoms with Gasteiger partial charge in [0.15, 0.2) is 0 Å². The first-order valence-electron chi connectivity index (χ1n) is 6.04. The van der Waals surface area contributed by atoms with Crippen LogP contribution in [0, 0.1) is 5.92 Å². The highest BCUT2D eigenvalue weighted by Gasteiger charge is 2.34. The van der Waals surface area contributed by atoms with Crippen molar-refractivity contribution in [2.45, 2.75) is 6.92 Å². The summed E-state index contributed by atoms with van der Waals surface area (Å²) in [5.74, 6) is -0.396. The Morgan fingerprint density at radius 3 is 2.70 bits per heavy atom. The van der Waals surface area contributed by atoms with Crippen LogP contribution >= 0.6 is 0 Å². The number of hydrogen-bond acceptors (Lipinski definition) is 6. The number of fused-ring (bicyclic) bond motifs is 1. The van der Waals surface area contributed by atoms with E-state index in [4.69, 9.17) is 11.5 Å². The van der Waals surface area contributed by atoms with Crippen molar-refractivity contribution in [3.8, 4) is 0 Å². The summed E-state index contributed by atoms with van der Waals surface area (Å²) >= 11 is 0. The van der Waals surface area contributed by atoms with Gasteiger partial charge in [-0.25, -0.2) is 9.98 Å². The van der Waals surface area contributed by atoms with Gasteiger partial charge >= 0.3 is 0 Å². The molecule has 7 heteroatoms. The van der Waals surface area contributed by atoms with Crippen molar-refractivity contribution in [2.24, 2.45) is 32.4 Å². The summed E-state index contributed by atoms with van der Waals surface area (Å²) in [7, 11) is 0. The number of aliphatic imine (C=N–C) groups is 3. The Morgan fingerprint density at radius 1 is 1.20 bits per heavy atom. The van der Waals surface area contributed by atoms with Gasteiger partial charge in [-0.15, -0.1) is 0 Å². The first-order chi connectivity index (χ1) is 9.58. The molecule has 1 unspecified atom stereocenters. The molecule has 1 amide bonds. The number of aromatic nitrogens is 1. The second kappa shape index (κ2) is 4.37. The van der Waals surface area contributed by atoms with Gasteiger partial charge in [-0.3, -0.25) is 9.78 Å². The van der Waals surface area contributed by atoms with Gasteiger partial charge in [0.25, 0.3) is 5.91 Å². The lowest BCUT2D eigenvalue weighted by atomic mass is 9.90. The summed E-state index contributed by atoms with van der Waals surface area (Å²) in [5.41, 5.74) is 13.5. The standard InChI is InChI=1S/C13H12N6O/c1-6-9-8(12(20)19-13(15)18-9)10(17-11(6)14)7-3-2-4-16-5-7/h2-6H,1H3,(H2,14,17)(H2,15,19,20). The van der Waals surface area contributed by atoms with Gasteiger partial charge in [-0.05, 0) is 19.1 Å². The third-order valence-electron chi connectivity index (χ3n) is 3.19. The van der Waals surface area contributed by atoms with Gasteiger partial charge < -0.3 is 11.5 Å². The Hall–Kier alpha value is -2.83. The maximum absolute atomic E-state index is 12.1. The number of amidine groups is 1. The quantitative estimate of drug-likeness (QED) is 0.750. The smallest absolute Gasteiger partial charge is 0.284 e. The number of hydrogen-bond donors (Lipinski definition) is 2. The molecule has 0 saturated heterocycles. The molecular formula is C13H12N6O. The summed E-state index contributed by atoms with van der Waals surface area (Å²) in [4.78, 5) is 28.3. The SMILES string of the molecule is CC1C(N)=NC(c2cccnc2)=C2C(=O)N=C(N)N=C21. The molecule has 3 rings (SSSR count). The molecule has 1 aromatic heterocycles. The number of nitrogens with two attached hydrogens (primary N) is 2. The zero-order valence-electron chi connectivity index (χ0n) is 10.7. The van der Waals surface area contributed by atoms with E-state index >= 15 is 0 Å². The molecule has 0 saturated carbocycles. The van der Waals surface area contributed by atoms with Gasteiger partial charge in [0.05, 0.1) is 22.9 Å². The average Bonchev–Trinajstić information content (AvgIpc) is 2.43. The minimum atomic E-state index is -0.450. The Labute approximate surface area is 114 Å². The fourth-order valence-corrected chi connectivity index (χ4v) is 2.14. The molecule has 3 heterocycles. The van der Waals surface area contributed by atoms with E-state index in [-0.39, 0.29) is 11.9 Å². The van der Waals surface area contributed by atoms with Crippen molar-refractivity contribution in [3.63, 3.8) is 0 Å². The molecule has 4 N–H and O–H groups in total. The Morgan fingerprint density at radius 2 is 2.00 bits per heavy atom. The monoisotopic (exact) mass is 268 g/mol. The van der Waals surface area contributed by atoms with Crippen molar-refractivity contribution in [1.29, 1.82) is 0 Å². The molecule has 0 spiro atoms. The van der Waals surface area contributed by atoms with Crippen LogP contribution in [0.4, 0.5) is 0 Å². The predicted molar refractivity (Wildman–Crippen MR) is 76.0 cm³/mol. The Kier molecular flexibility index (Phi) is 2.67. The van der Waals surface area contributed by atoms with E-state index < -0.39 is 5.91 Å². The van der Waals surface area contributed by atoms with Crippen LogP contribution in [-0.2, 0) is 4.79 Å². The summed E-state index contributed by atoms with van der Waals surface area (Å²) in [6.07, 6.45) is 3.25. The number of rotatable bonds is 1. The minimum Gasteiger partial charge on any atom is -0.387 e. The van der Waals surface area contributed by atoms with Crippen LogP contribution < -0.4 is 11.5 Å². The largest absolute Gasteiger partial charge is 0.387 e. The molecule has 7 nitrogen and oxygen atoms in total. The van der Waals surface area contributed by atoms with Crippen LogP contribution in [0.2, 0.25) is 0 Å². The fourth-order valence-electron chi connectivity index (χ4n) is 2.14. The highest BCUT2D eigenvalue weighted by atomic mass is 16.1. The third-order valence-corrected chi connectivity index (χ3v) is 3.19. The molecule has 100 valence electrons. The van der Waals surface area contributed by atoms with E-state index in [0.29, 0.717) is 28.4 Å². The molecule has 0 radical (unpaired) electrons. The van der Waals surface area contributed by atoms with Crippen LogP contribution in [0.1, 0.15) is 12.5 Å².